The molecule has 0 spiro atoms. The molecule has 2 aromatic heterocycles. The molecule has 0 saturated carbocycles. The second-order valence-corrected chi connectivity index (χ2v) is 11.8. The van der Waals surface area contributed by atoms with Gasteiger partial charge in [0.15, 0.2) is 0 Å². The number of carboxylic acid groups (broad SMARTS) is 1. The average molecular weight is 641 g/mol. The van der Waals surface area contributed by atoms with E-state index in [1.807, 2.05) is 54.6 Å². The molecule has 0 bridgehead atoms. The molecule has 0 radical (unpaired) electrons. The van der Waals surface area contributed by atoms with Crippen LogP contribution in [0.5, 0.6) is 0 Å². The Morgan fingerprint density at radius 2 is 1.77 bits per heavy atom. The zero-order valence-corrected chi connectivity index (χ0v) is 26.0. The molecule has 5 rings (SSSR count). The first-order valence-corrected chi connectivity index (χ1v) is 15.6. The molecule has 4 atom stereocenters. The molecule has 4 aromatic rings. The van der Waals surface area contributed by atoms with Crippen molar-refractivity contribution in [1.29, 1.82) is 0 Å². The number of hydrogen-bond donors (Lipinski definition) is 3. The number of para-hydroxylation sites is 2. The Bertz CT molecular complexity index is 1740. The van der Waals surface area contributed by atoms with Gasteiger partial charge in [-0.25, -0.2) is 19.2 Å². The molecule has 3 N–H and O–H groups in total. The van der Waals surface area contributed by atoms with Crippen LogP contribution in [0.2, 0.25) is 0 Å². The lowest BCUT2D eigenvalue weighted by molar-refractivity contribution is -0.150. The minimum Gasteiger partial charge on any atom is -0.478 e. The summed E-state index contributed by atoms with van der Waals surface area (Å²) in [6.07, 6.45) is 10.3. The molecule has 2 heterocycles. The number of benzene rings is 2. The summed E-state index contributed by atoms with van der Waals surface area (Å²) in [5, 5.41) is 19.3. The number of fused-ring (bicyclic) bond motifs is 1. The lowest BCUT2D eigenvalue weighted by atomic mass is 9.84. The van der Waals surface area contributed by atoms with Gasteiger partial charge in [-0.3, -0.25) is 19.7 Å². The van der Waals surface area contributed by atoms with E-state index in [0.29, 0.717) is 37.0 Å². The predicted molar refractivity (Wildman–Crippen MR) is 172 cm³/mol. The van der Waals surface area contributed by atoms with Crippen molar-refractivity contribution in [3.8, 4) is 0 Å². The normalized spacial score (nSPS) is 18.7. The van der Waals surface area contributed by atoms with Crippen molar-refractivity contribution in [1.82, 2.24) is 30.5 Å². The molecule has 0 saturated heterocycles. The highest BCUT2D eigenvalue weighted by molar-refractivity contribution is 5.94. The van der Waals surface area contributed by atoms with Crippen molar-refractivity contribution in [3.05, 3.63) is 108 Å². The number of unbranched alkanes of at least 4 members (excludes halogenated alkanes) is 1. The third-order valence-corrected chi connectivity index (χ3v) is 8.27. The number of esters is 1. The first-order valence-electron chi connectivity index (χ1n) is 15.6. The minimum absolute atomic E-state index is 0.00375. The highest BCUT2D eigenvalue weighted by Crippen LogP contribution is 2.32. The van der Waals surface area contributed by atoms with Gasteiger partial charge in [-0.15, -0.1) is 0 Å². The molecule has 47 heavy (non-hydrogen) atoms. The van der Waals surface area contributed by atoms with Gasteiger partial charge in [-0.1, -0.05) is 61.4 Å². The maximum Gasteiger partial charge on any atom is 0.335 e. The summed E-state index contributed by atoms with van der Waals surface area (Å²) in [6.45, 7) is 1.21. The van der Waals surface area contributed by atoms with E-state index in [9.17, 15) is 23.9 Å². The van der Waals surface area contributed by atoms with Crippen LogP contribution in [-0.4, -0.2) is 66.4 Å². The van der Waals surface area contributed by atoms with Crippen molar-refractivity contribution in [3.63, 3.8) is 0 Å². The first-order chi connectivity index (χ1) is 22.7. The second kappa shape index (κ2) is 15.4. The summed E-state index contributed by atoms with van der Waals surface area (Å²) >= 11 is 0. The number of carbonyl (C=O) groups excluding carboxylic acids is 2. The maximum atomic E-state index is 15.0. The number of nitrogens with zero attached hydrogens (tertiary/aromatic N) is 4. The number of H-pyrrole nitrogens is 1. The number of alkyl halides is 1. The number of aromatic nitrogens is 5. The maximum absolute atomic E-state index is 15.0. The van der Waals surface area contributed by atoms with Gasteiger partial charge >= 0.3 is 11.9 Å². The lowest BCUT2D eigenvalue weighted by Crippen LogP contribution is -2.37. The highest BCUT2D eigenvalue weighted by Gasteiger charge is 2.40. The van der Waals surface area contributed by atoms with Crippen LogP contribution in [0.1, 0.15) is 66.8 Å². The summed E-state index contributed by atoms with van der Waals surface area (Å²) in [4.78, 5) is 50.5. The number of ether oxygens (including phenoxy) is 1. The van der Waals surface area contributed by atoms with Crippen molar-refractivity contribution < 1.29 is 28.6 Å². The fraction of sp³-hybridized carbons (Fsp3) is 0.343. The number of allylic oxidation sites excluding steroid dienone is 1. The van der Waals surface area contributed by atoms with Crippen molar-refractivity contribution in [2.24, 2.45) is 5.92 Å². The fourth-order valence-corrected chi connectivity index (χ4v) is 5.65. The minimum atomic E-state index is -2.06. The van der Waals surface area contributed by atoms with Crippen LogP contribution in [0.25, 0.3) is 11.0 Å². The monoisotopic (exact) mass is 640 g/mol. The van der Waals surface area contributed by atoms with E-state index in [0.717, 1.165) is 42.1 Å². The summed E-state index contributed by atoms with van der Waals surface area (Å²) in [5.41, 5.74) is 0.512. The summed E-state index contributed by atoms with van der Waals surface area (Å²) in [6, 6.07) is 17.2. The quantitative estimate of drug-likeness (QED) is 0.116. The number of halogens is 1. The number of rotatable bonds is 15. The van der Waals surface area contributed by atoms with Gasteiger partial charge in [0.25, 0.3) is 5.91 Å². The van der Waals surface area contributed by atoms with Crippen molar-refractivity contribution in [2.75, 3.05) is 6.61 Å². The molecule has 1 aliphatic carbocycles. The van der Waals surface area contributed by atoms with Gasteiger partial charge in [0.1, 0.15) is 29.4 Å². The van der Waals surface area contributed by atoms with Gasteiger partial charge in [0.2, 0.25) is 0 Å². The molecule has 0 fully saturated rings. The van der Waals surface area contributed by atoms with E-state index >= 15 is 0 Å². The van der Waals surface area contributed by atoms with Crippen LogP contribution in [0.4, 0.5) is 4.39 Å². The van der Waals surface area contributed by atoms with E-state index < -0.39 is 23.5 Å². The molecule has 244 valence electrons. The van der Waals surface area contributed by atoms with Crippen LogP contribution < -0.4 is 5.32 Å². The number of aliphatic carboxylic acids is 1. The SMILES string of the molecule is CC1(F)C=CC(C(=O)O)=CC1C(=O)OCCC(CCCCC(Cc1ccccc1)NC(=O)c1cnc2ccccc2n1)c1ncn[nH]1. The Hall–Kier alpha value is -5.26. The first kappa shape index (κ1) is 33.1. The van der Waals surface area contributed by atoms with Gasteiger partial charge in [0, 0.05) is 12.0 Å². The van der Waals surface area contributed by atoms with Crippen LogP contribution in [0.15, 0.2) is 90.9 Å². The zero-order valence-electron chi connectivity index (χ0n) is 26.0. The zero-order chi connectivity index (χ0) is 33.2. The topological polar surface area (TPSA) is 160 Å². The molecule has 11 nitrogen and oxygen atoms in total. The summed E-state index contributed by atoms with van der Waals surface area (Å²) in [7, 11) is 0. The smallest absolute Gasteiger partial charge is 0.335 e. The highest BCUT2D eigenvalue weighted by atomic mass is 19.1. The Labute approximate surface area is 271 Å². The number of aromatic amines is 1. The molecule has 1 amide bonds. The molecule has 1 aliphatic rings. The Kier molecular flexibility index (Phi) is 10.8. The largest absolute Gasteiger partial charge is 0.478 e. The van der Waals surface area contributed by atoms with Crippen LogP contribution >= 0.6 is 0 Å². The van der Waals surface area contributed by atoms with Gasteiger partial charge in [-0.05, 0) is 62.5 Å². The summed E-state index contributed by atoms with van der Waals surface area (Å²) in [5.74, 6) is -3.19. The predicted octanol–water partition coefficient (Wildman–Crippen LogP) is 5.29. The van der Waals surface area contributed by atoms with E-state index in [-0.39, 0.29) is 35.7 Å². The van der Waals surface area contributed by atoms with E-state index in [1.165, 1.54) is 19.4 Å². The van der Waals surface area contributed by atoms with Crippen LogP contribution in [0.3, 0.4) is 0 Å². The third kappa shape index (κ3) is 8.93. The second-order valence-electron chi connectivity index (χ2n) is 11.8. The standard InChI is InChI=1S/C35H37FN6O5/c1-35(36)17-15-25(33(44)45)20-27(35)34(46)47-18-16-24(31-38-22-39-42-31)11-5-6-12-26(19-23-9-3-2-4-10-23)40-32(43)30-21-37-28-13-7-8-14-29(28)41-30/h2-4,7-10,13-15,17,20-22,24,26-27H,5-6,11-12,16,18-19H2,1H3,(H,40,43)(H,44,45)(H,38,39,42). The molecule has 2 aromatic carbocycles. The molecular formula is C35H37FN6O5. The van der Waals surface area contributed by atoms with Gasteiger partial charge < -0.3 is 15.2 Å². The lowest BCUT2D eigenvalue weighted by Gasteiger charge is -2.27. The van der Waals surface area contributed by atoms with Crippen molar-refractivity contribution in [2.45, 2.75) is 63.1 Å². The molecular weight excluding hydrogens is 603 g/mol. The Morgan fingerprint density at radius 1 is 1.02 bits per heavy atom. The number of nitrogens with one attached hydrogen (secondary N) is 2. The Morgan fingerprint density at radius 3 is 2.51 bits per heavy atom. The average Bonchev–Trinajstić information content (AvgIpc) is 3.60. The van der Waals surface area contributed by atoms with Crippen LogP contribution in [0, 0.1) is 5.92 Å². The number of hydrogen-bond acceptors (Lipinski definition) is 8. The number of carbonyl (C=O) groups is 3. The van der Waals surface area contributed by atoms with Gasteiger partial charge in [-0.2, -0.15) is 5.10 Å². The van der Waals surface area contributed by atoms with E-state index in [1.54, 1.807) is 0 Å². The molecule has 12 heteroatoms. The number of carboxylic acids is 1. The summed E-state index contributed by atoms with van der Waals surface area (Å²) < 4.78 is 20.4. The van der Waals surface area contributed by atoms with Gasteiger partial charge in [0.05, 0.1) is 29.4 Å². The fourth-order valence-electron chi connectivity index (χ4n) is 5.65. The number of amides is 1. The van der Waals surface area contributed by atoms with Crippen molar-refractivity contribution >= 4 is 28.9 Å². The third-order valence-electron chi connectivity index (χ3n) is 8.27. The molecule has 4 unspecified atom stereocenters. The van der Waals surface area contributed by atoms with E-state index in [2.05, 4.69) is 30.5 Å². The van der Waals surface area contributed by atoms with Crippen LogP contribution in [-0.2, 0) is 20.7 Å². The Balaban J connectivity index is 1.17. The molecule has 0 aliphatic heterocycles. The van der Waals surface area contributed by atoms with E-state index in [4.69, 9.17) is 4.74 Å².